The molecule has 0 bridgehead atoms. The highest BCUT2D eigenvalue weighted by Gasteiger charge is 2.22. The molecule has 7 heteroatoms. The summed E-state index contributed by atoms with van der Waals surface area (Å²) in [7, 11) is 0. The van der Waals surface area contributed by atoms with Crippen molar-refractivity contribution in [3.8, 4) is 0 Å². The molecular weight excluding hydrogens is 409 g/mol. The fourth-order valence-electron chi connectivity index (χ4n) is 3.66. The van der Waals surface area contributed by atoms with Crippen molar-refractivity contribution in [3.63, 3.8) is 0 Å². The average Bonchev–Trinajstić information content (AvgIpc) is 2.73. The minimum Gasteiger partial charge on any atom is -0.477 e. The van der Waals surface area contributed by atoms with Crippen molar-refractivity contribution < 1.29 is 19.4 Å². The lowest BCUT2D eigenvalue weighted by molar-refractivity contribution is 0.0694. The molecule has 1 heterocycles. The van der Waals surface area contributed by atoms with Crippen molar-refractivity contribution in [1.82, 2.24) is 4.57 Å². The van der Waals surface area contributed by atoms with Crippen LogP contribution in [-0.2, 0) is 6.42 Å². The van der Waals surface area contributed by atoms with Gasteiger partial charge in [0.2, 0.25) is 5.43 Å². The lowest BCUT2D eigenvalue weighted by atomic mass is 9.97. The highest BCUT2D eigenvalue weighted by atomic mass is 35.5. The molecule has 30 heavy (non-hydrogen) atoms. The molecule has 0 saturated carbocycles. The van der Waals surface area contributed by atoms with Gasteiger partial charge in [0.1, 0.15) is 11.4 Å². The average molecular weight is 432 g/mol. The summed E-state index contributed by atoms with van der Waals surface area (Å²) in [5.74, 6) is -1.79. The van der Waals surface area contributed by atoms with Crippen molar-refractivity contribution >= 4 is 28.5 Å². The highest BCUT2D eigenvalue weighted by molar-refractivity contribution is 6.30. The lowest BCUT2D eigenvalue weighted by Gasteiger charge is -2.26. The quantitative estimate of drug-likeness (QED) is 0.570. The summed E-state index contributed by atoms with van der Waals surface area (Å²) in [5.41, 5.74) is 0.585. The van der Waals surface area contributed by atoms with Crippen LogP contribution in [0.1, 0.15) is 47.8 Å². The van der Waals surface area contributed by atoms with E-state index in [9.17, 15) is 24.2 Å². The zero-order valence-corrected chi connectivity index (χ0v) is 17.5. The third-order valence-electron chi connectivity index (χ3n) is 5.60. The summed E-state index contributed by atoms with van der Waals surface area (Å²) >= 11 is 5.85. The maximum Gasteiger partial charge on any atom is 0.341 e. The van der Waals surface area contributed by atoms with Crippen molar-refractivity contribution in [3.05, 3.63) is 80.3 Å². The Balaban J connectivity index is 2.20. The topological polar surface area (TPSA) is 79.5 Å². The van der Waals surface area contributed by atoms with E-state index in [0.717, 1.165) is 6.42 Å². The number of carboxylic acids is 1. The van der Waals surface area contributed by atoms with Gasteiger partial charge in [-0.15, -0.1) is 0 Å². The van der Waals surface area contributed by atoms with E-state index in [2.05, 4.69) is 0 Å². The molecule has 2 N–H and O–H groups in total. The van der Waals surface area contributed by atoms with E-state index in [4.69, 9.17) is 11.6 Å². The largest absolute Gasteiger partial charge is 0.477 e. The second-order valence-corrected chi connectivity index (χ2v) is 7.87. The predicted octanol–water partition coefficient (Wildman–Crippen LogP) is 4.66. The molecule has 0 amide bonds. The van der Waals surface area contributed by atoms with Gasteiger partial charge in [0.05, 0.1) is 23.2 Å². The van der Waals surface area contributed by atoms with E-state index in [1.54, 1.807) is 34.9 Å². The molecule has 158 valence electrons. The number of hydrogen-bond donors (Lipinski definition) is 2. The predicted molar refractivity (Wildman–Crippen MR) is 115 cm³/mol. The second kappa shape index (κ2) is 8.98. The number of benzene rings is 2. The molecule has 5 nitrogen and oxygen atoms in total. The summed E-state index contributed by atoms with van der Waals surface area (Å²) < 4.78 is 16.0. The Morgan fingerprint density at radius 3 is 2.63 bits per heavy atom. The molecule has 3 aromatic rings. The zero-order valence-electron chi connectivity index (χ0n) is 16.7. The van der Waals surface area contributed by atoms with E-state index in [0.29, 0.717) is 16.6 Å². The number of aliphatic hydroxyl groups excluding tert-OH is 1. The van der Waals surface area contributed by atoms with E-state index in [1.807, 2.05) is 13.8 Å². The van der Waals surface area contributed by atoms with Gasteiger partial charge in [0.15, 0.2) is 0 Å². The molecule has 2 aromatic carbocycles. The Kier molecular flexibility index (Phi) is 6.58. The van der Waals surface area contributed by atoms with Crippen LogP contribution in [0.3, 0.4) is 0 Å². The number of hydrogen-bond acceptors (Lipinski definition) is 3. The summed E-state index contributed by atoms with van der Waals surface area (Å²) in [4.78, 5) is 24.5. The van der Waals surface area contributed by atoms with Gasteiger partial charge in [-0.1, -0.05) is 50.1 Å². The van der Waals surface area contributed by atoms with E-state index in [-0.39, 0.29) is 41.0 Å². The SMILES string of the molecule is CCC(C)[C@@H](CO)n1cc(C(=O)O)c(=O)c2cc(Cc3cccc(Cl)c3F)ccc21. The minimum atomic E-state index is -1.33. The Bertz CT molecular complexity index is 1160. The molecule has 3 rings (SSSR count). The van der Waals surface area contributed by atoms with Crippen LogP contribution in [0.25, 0.3) is 10.9 Å². The van der Waals surface area contributed by atoms with Crippen LogP contribution >= 0.6 is 11.6 Å². The van der Waals surface area contributed by atoms with E-state index < -0.39 is 17.2 Å². The van der Waals surface area contributed by atoms with Crippen LogP contribution in [0.5, 0.6) is 0 Å². The number of nitrogens with zero attached hydrogens (tertiary/aromatic N) is 1. The van der Waals surface area contributed by atoms with Crippen LogP contribution in [0.15, 0.2) is 47.4 Å². The van der Waals surface area contributed by atoms with Gasteiger partial charge in [-0.3, -0.25) is 4.79 Å². The van der Waals surface area contributed by atoms with Gasteiger partial charge in [-0.05, 0) is 35.2 Å². The molecule has 1 aromatic heterocycles. The van der Waals surface area contributed by atoms with Crippen LogP contribution in [0.4, 0.5) is 4.39 Å². The first-order valence-corrected chi connectivity index (χ1v) is 10.1. The first kappa shape index (κ1) is 22.0. The summed E-state index contributed by atoms with van der Waals surface area (Å²) in [6, 6.07) is 9.41. The van der Waals surface area contributed by atoms with Gasteiger partial charge in [0.25, 0.3) is 0 Å². The number of fused-ring (bicyclic) bond motifs is 1. The van der Waals surface area contributed by atoms with Crippen LogP contribution < -0.4 is 5.43 Å². The number of aromatic nitrogens is 1. The van der Waals surface area contributed by atoms with Crippen LogP contribution in [0.2, 0.25) is 5.02 Å². The molecule has 0 radical (unpaired) electrons. The maximum absolute atomic E-state index is 14.3. The Morgan fingerprint density at radius 2 is 2.00 bits per heavy atom. The molecule has 1 unspecified atom stereocenters. The van der Waals surface area contributed by atoms with Crippen molar-refractivity contribution in [1.29, 1.82) is 0 Å². The Labute approximate surface area is 178 Å². The first-order valence-electron chi connectivity index (χ1n) is 9.73. The molecule has 0 aliphatic rings. The molecule has 2 atom stereocenters. The monoisotopic (exact) mass is 431 g/mol. The summed E-state index contributed by atoms with van der Waals surface area (Å²) in [6.07, 6.45) is 2.28. The maximum atomic E-state index is 14.3. The zero-order chi connectivity index (χ0) is 22.0. The van der Waals surface area contributed by atoms with Crippen molar-refractivity contribution in [2.75, 3.05) is 6.61 Å². The molecule has 0 spiro atoms. The van der Waals surface area contributed by atoms with Crippen LogP contribution in [0, 0.1) is 11.7 Å². The highest BCUT2D eigenvalue weighted by Crippen LogP contribution is 2.27. The third-order valence-corrected chi connectivity index (χ3v) is 5.89. The lowest BCUT2D eigenvalue weighted by Crippen LogP contribution is -2.26. The second-order valence-electron chi connectivity index (χ2n) is 7.46. The van der Waals surface area contributed by atoms with Gasteiger partial charge in [-0.25, -0.2) is 9.18 Å². The molecular formula is C23H23ClFNO4. The summed E-state index contributed by atoms with van der Waals surface area (Å²) in [5, 5.41) is 19.7. The molecule has 0 aliphatic heterocycles. The fourth-order valence-corrected chi connectivity index (χ4v) is 3.85. The van der Waals surface area contributed by atoms with Crippen molar-refractivity contribution in [2.45, 2.75) is 32.7 Å². The van der Waals surface area contributed by atoms with Crippen molar-refractivity contribution in [2.24, 2.45) is 5.92 Å². The molecule has 0 aliphatic carbocycles. The van der Waals surface area contributed by atoms with Gasteiger partial charge >= 0.3 is 5.97 Å². The standard InChI is InChI=1S/C23H23ClFNO4/c1-3-13(2)20(12-27)26-11-17(23(29)30)22(28)16-10-14(7-8-19(16)26)9-15-5-4-6-18(24)21(15)25/h4-8,10-11,13,20,27H,3,9,12H2,1-2H3,(H,29,30)/t13?,20-/m1/s1. The minimum absolute atomic E-state index is 0.0168. The number of carbonyl (C=O) groups is 1. The molecule has 0 saturated heterocycles. The smallest absolute Gasteiger partial charge is 0.341 e. The fraction of sp³-hybridized carbons (Fsp3) is 0.304. The number of aromatic carboxylic acids is 1. The number of halogens is 2. The normalized spacial score (nSPS) is 13.4. The summed E-state index contributed by atoms with van der Waals surface area (Å²) in [6.45, 7) is 3.75. The van der Waals surface area contributed by atoms with Gasteiger partial charge in [0, 0.05) is 18.0 Å². The number of carboxylic acid groups (broad SMARTS) is 1. The van der Waals surface area contributed by atoms with E-state index >= 15 is 0 Å². The first-order chi connectivity index (χ1) is 14.3. The Morgan fingerprint density at radius 1 is 1.27 bits per heavy atom. The van der Waals surface area contributed by atoms with Gasteiger partial charge in [-0.2, -0.15) is 0 Å². The van der Waals surface area contributed by atoms with Crippen LogP contribution in [-0.4, -0.2) is 27.4 Å². The van der Waals surface area contributed by atoms with Gasteiger partial charge < -0.3 is 14.8 Å². The molecule has 0 fully saturated rings. The Hall–Kier alpha value is -2.70. The third kappa shape index (κ3) is 4.11. The number of aliphatic hydroxyl groups is 1. The number of pyridine rings is 1. The number of rotatable bonds is 7. The van der Waals surface area contributed by atoms with E-state index in [1.165, 1.54) is 12.3 Å².